The summed E-state index contributed by atoms with van der Waals surface area (Å²) < 4.78 is 1.59. The fourth-order valence-corrected chi connectivity index (χ4v) is 4.21. The number of amides is 2. The Morgan fingerprint density at radius 3 is 2.63 bits per heavy atom. The van der Waals surface area contributed by atoms with Crippen LogP contribution in [0.1, 0.15) is 16.7 Å². The lowest BCUT2D eigenvalue weighted by atomic mass is 10.1. The van der Waals surface area contributed by atoms with Crippen molar-refractivity contribution in [2.24, 2.45) is 0 Å². The van der Waals surface area contributed by atoms with E-state index in [1.807, 2.05) is 18.2 Å². The molecule has 8 heteroatoms. The number of para-hydroxylation sites is 1. The third-order valence-electron chi connectivity index (χ3n) is 4.75. The van der Waals surface area contributed by atoms with Gasteiger partial charge in [0.05, 0.1) is 23.1 Å². The molecule has 1 aromatic heterocycles. The van der Waals surface area contributed by atoms with Crippen molar-refractivity contribution in [2.45, 2.75) is 13.1 Å². The van der Waals surface area contributed by atoms with E-state index in [4.69, 9.17) is 5.11 Å². The molecule has 2 heterocycles. The number of hydrogen-bond acceptors (Lipinski definition) is 5. The van der Waals surface area contributed by atoms with Gasteiger partial charge >= 0.3 is 5.97 Å². The van der Waals surface area contributed by atoms with Gasteiger partial charge in [-0.05, 0) is 35.5 Å². The number of nitriles is 1. The standard InChI is InChI=1S/C22H15N3O4S/c23-10-14-5-1-2-6-15(14)12-25-21(28)19(30-22(25)29)9-16-11-24(13-20(26)27)18-8-4-3-7-17(16)18/h1-9,11H,12-13H2,(H,26,27)/b19-9-. The topological polar surface area (TPSA) is 103 Å². The molecule has 0 aliphatic carbocycles. The molecule has 2 amide bonds. The van der Waals surface area contributed by atoms with Crippen LogP contribution in [0, 0.1) is 11.3 Å². The number of aliphatic carboxylic acids is 1. The van der Waals surface area contributed by atoms with E-state index in [0.717, 1.165) is 27.6 Å². The van der Waals surface area contributed by atoms with Crippen LogP contribution >= 0.6 is 11.8 Å². The minimum atomic E-state index is -0.973. The van der Waals surface area contributed by atoms with Crippen molar-refractivity contribution in [3.05, 3.63) is 76.3 Å². The van der Waals surface area contributed by atoms with Crippen molar-refractivity contribution < 1.29 is 19.5 Å². The zero-order valence-electron chi connectivity index (χ0n) is 15.6. The van der Waals surface area contributed by atoms with Crippen LogP contribution in [0.4, 0.5) is 4.79 Å². The summed E-state index contributed by atoms with van der Waals surface area (Å²) in [6.45, 7) is -0.187. The predicted molar refractivity (Wildman–Crippen MR) is 112 cm³/mol. The first-order chi connectivity index (χ1) is 14.5. The second kappa shape index (κ2) is 7.89. The first-order valence-corrected chi connectivity index (χ1v) is 9.82. The number of benzene rings is 2. The number of fused-ring (bicyclic) bond motifs is 1. The molecule has 1 saturated heterocycles. The Kier molecular flexibility index (Phi) is 5.12. The van der Waals surface area contributed by atoms with Gasteiger partial charge in [0, 0.05) is 22.7 Å². The summed E-state index contributed by atoms with van der Waals surface area (Å²) in [5.74, 6) is -1.41. The maximum Gasteiger partial charge on any atom is 0.323 e. The molecule has 0 radical (unpaired) electrons. The smallest absolute Gasteiger partial charge is 0.323 e. The minimum absolute atomic E-state index is 0.0204. The highest BCUT2D eigenvalue weighted by molar-refractivity contribution is 8.18. The average molecular weight is 417 g/mol. The molecule has 3 aromatic rings. The zero-order chi connectivity index (χ0) is 21.3. The third kappa shape index (κ3) is 3.58. The predicted octanol–water partition coefficient (Wildman–Crippen LogP) is 3.83. The Bertz CT molecular complexity index is 1270. The van der Waals surface area contributed by atoms with E-state index in [2.05, 4.69) is 6.07 Å². The van der Waals surface area contributed by atoms with E-state index in [1.165, 1.54) is 0 Å². The quantitative estimate of drug-likeness (QED) is 0.633. The van der Waals surface area contributed by atoms with Crippen molar-refractivity contribution >= 4 is 45.9 Å². The van der Waals surface area contributed by atoms with Gasteiger partial charge in [0.25, 0.3) is 11.1 Å². The van der Waals surface area contributed by atoms with Crippen LogP contribution in [0.3, 0.4) is 0 Å². The number of hydrogen-bond donors (Lipinski definition) is 1. The highest BCUT2D eigenvalue weighted by atomic mass is 32.2. The molecule has 1 N–H and O–H groups in total. The van der Waals surface area contributed by atoms with Gasteiger partial charge in [-0.3, -0.25) is 19.3 Å². The summed E-state index contributed by atoms with van der Waals surface area (Å²) in [7, 11) is 0. The second-order valence-electron chi connectivity index (χ2n) is 6.66. The summed E-state index contributed by atoms with van der Waals surface area (Å²) >= 11 is 0.831. The lowest BCUT2D eigenvalue weighted by Gasteiger charge is -2.13. The van der Waals surface area contributed by atoms with Gasteiger partial charge in [-0.1, -0.05) is 36.4 Å². The molecule has 0 bridgehead atoms. The van der Waals surface area contributed by atoms with Gasteiger partial charge in [-0.25, -0.2) is 0 Å². The van der Waals surface area contributed by atoms with E-state index >= 15 is 0 Å². The lowest BCUT2D eigenvalue weighted by Crippen LogP contribution is -2.27. The molecule has 30 heavy (non-hydrogen) atoms. The maximum absolute atomic E-state index is 12.9. The van der Waals surface area contributed by atoms with Gasteiger partial charge in [-0.2, -0.15) is 5.26 Å². The molecule has 1 fully saturated rings. The van der Waals surface area contributed by atoms with Crippen LogP contribution in [0.5, 0.6) is 0 Å². The van der Waals surface area contributed by atoms with Crippen LogP contribution in [-0.2, 0) is 22.7 Å². The largest absolute Gasteiger partial charge is 0.480 e. The third-order valence-corrected chi connectivity index (χ3v) is 5.66. The van der Waals surface area contributed by atoms with Crippen molar-refractivity contribution in [3.63, 3.8) is 0 Å². The van der Waals surface area contributed by atoms with E-state index in [0.29, 0.717) is 16.7 Å². The molecule has 0 spiro atoms. The first kappa shape index (κ1) is 19.5. The number of aromatic nitrogens is 1. The minimum Gasteiger partial charge on any atom is -0.480 e. The second-order valence-corrected chi connectivity index (χ2v) is 7.65. The van der Waals surface area contributed by atoms with Gasteiger partial charge < -0.3 is 9.67 Å². The number of rotatable bonds is 5. The number of carboxylic acid groups (broad SMARTS) is 1. The number of carbonyl (C=O) groups excluding carboxylic acids is 2. The fraction of sp³-hybridized carbons (Fsp3) is 0.0909. The molecule has 4 rings (SSSR count). The van der Waals surface area contributed by atoms with E-state index in [1.54, 1.807) is 47.2 Å². The van der Waals surface area contributed by atoms with Crippen molar-refractivity contribution in [2.75, 3.05) is 0 Å². The zero-order valence-corrected chi connectivity index (χ0v) is 16.4. The highest BCUT2D eigenvalue weighted by Gasteiger charge is 2.35. The molecular weight excluding hydrogens is 402 g/mol. The molecule has 1 aliphatic rings. The Labute approximate surface area is 175 Å². The van der Waals surface area contributed by atoms with Crippen LogP contribution < -0.4 is 0 Å². The molecule has 0 unspecified atom stereocenters. The number of nitrogens with zero attached hydrogens (tertiary/aromatic N) is 3. The average Bonchev–Trinajstić information content (AvgIpc) is 3.20. The van der Waals surface area contributed by atoms with Gasteiger partial charge in [0.2, 0.25) is 0 Å². The van der Waals surface area contributed by atoms with Crippen molar-refractivity contribution in [1.82, 2.24) is 9.47 Å². The fourth-order valence-electron chi connectivity index (χ4n) is 3.38. The Balaban J connectivity index is 1.67. The summed E-state index contributed by atoms with van der Waals surface area (Å²) in [6.07, 6.45) is 3.28. The number of thioether (sulfide) groups is 1. The molecule has 2 aromatic carbocycles. The van der Waals surface area contributed by atoms with Crippen molar-refractivity contribution in [1.29, 1.82) is 5.26 Å². The highest BCUT2D eigenvalue weighted by Crippen LogP contribution is 2.35. The van der Waals surface area contributed by atoms with Crippen LogP contribution in [0.2, 0.25) is 0 Å². The maximum atomic E-state index is 12.9. The summed E-state index contributed by atoms with van der Waals surface area (Å²) in [5.41, 5.74) is 2.40. The number of carboxylic acids is 1. The normalized spacial score (nSPS) is 15.2. The Hall–Kier alpha value is -3.83. The van der Waals surface area contributed by atoms with Crippen LogP contribution in [-0.4, -0.2) is 31.7 Å². The summed E-state index contributed by atoms with van der Waals surface area (Å²) in [4.78, 5) is 37.9. The first-order valence-electron chi connectivity index (χ1n) is 9.01. The van der Waals surface area contributed by atoms with Gasteiger partial charge in [0.1, 0.15) is 6.54 Å². The van der Waals surface area contributed by atoms with E-state index in [-0.39, 0.29) is 18.0 Å². The Morgan fingerprint density at radius 1 is 1.13 bits per heavy atom. The number of carbonyl (C=O) groups is 3. The molecular formula is C22H15N3O4S. The Morgan fingerprint density at radius 2 is 1.87 bits per heavy atom. The molecule has 0 atom stereocenters. The SMILES string of the molecule is N#Cc1ccccc1CN1C(=O)S/C(=C\c2cn(CC(=O)O)c3ccccc23)C1=O. The lowest BCUT2D eigenvalue weighted by molar-refractivity contribution is -0.137. The molecule has 148 valence electrons. The monoisotopic (exact) mass is 417 g/mol. The van der Waals surface area contributed by atoms with E-state index < -0.39 is 17.1 Å². The van der Waals surface area contributed by atoms with Crippen molar-refractivity contribution in [3.8, 4) is 6.07 Å². The van der Waals surface area contributed by atoms with Crippen LogP contribution in [0.25, 0.3) is 17.0 Å². The summed E-state index contributed by atoms with van der Waals surface area (Å²) in [5, 5.41) is 18.8. The molecule has 0 saturated carbocycles. The van der Waals surface area contributed by atoms with Gasteiger partial charge in [0.15, 0.2) is 0 Å². The molecule has 7 nitrogen and oxygen atoms in total. The molecule has 1 aliphatic heterocycles. The van der Waals surface area contributed by atoms with Crippen LogP contribution in [0.15, 0.2) is 59.6 Å². The summed E-state index contributed by atoms with van der Waals surface area (Å²) in [6, 6.07) is 16.2. The van der Waals surface area contributed by atoms with E-state index in [9.17, 15) is 19.6 Å². The van der Waals surface area contributed by atoms with Gasteiger partial charge in [-0.15, -0.1) is 0 Å². The number of imide groups is 1.